The first-order valence-corrected chi connectivity index (χ1v) is 5.05. The lowest BCUT2D eigenvalue weighted by Gasteiger charge is -2.07. The van der Waals surface area contributed by atoms with Crippen LogP contribution in [0.3, 0.4) is 0 Å². The molecule has 1 aromatic heterocycles. The molecule has 66 valence electrons. The third-order valence-electron chi connectivity index (χ3n) is 2.82. The van der Waals surface area contributed by atoms with Gasteiger partial charge in [-0.1, -0.05) is 37.2 Å². The average molecular weight is 171 g/mol. The molecule has 1 aliphatic rings. The second-order valence-electron chi connectivity index (χ2n) is 3.94. The minimum atomic E-state index is 0.759. The van der Waals surface area contributed by atoms with Crippen molar-refractivity contribution in [3.8, 4) is 0 Å². The molecule has 0 spiro atoms. The van der Waals surface area contributed by atoms with E-state index in [2.05, 4.69) is 4.98 Å². The molecule has 2 heteroatoms. The highest BCUT2D eigenvalue weighted by atomic mass is 14.7. The largest absolute Gasteiger partial charge is 0.262 e. The summed E-state index contributed by atoms with van der Waals surface area (Å²) in [6, 6.07) is 3.99. The summed E-state index contributed by atoms with van der Waals surface area (Å²) in [5, 5.41) is 0. The highest BCUT2D eigenvalue weighted by molar-refractivity contribution is 6.31. The fraction of sp³-hybridized carbons (Fsp3) is 0.545. The molecule has 0 saturated heterocycles. The fourth-order valence-electron chi connectivity index (χ4n) is 2.07. The lowest BCUT2D eigenvalue weighted by molar-refractivity contribution is 0.539. The third kappa shape index (κ3) is 2.33. The summed E-state index contributed by atoms with van der Waals surface area (Å²) in [5.74, 6) is 0.871. The molecule has 0 bridgehead atoms. The number of hydrogen-bond acceptors (Lipinski definition) is 1. The molecule has 1 saturated carbocycles. The predicted molar refractivity (Wildman–Crippen MR) is 55.3 cm³/mol. The zero-order valence-electron chi connectivity index (χ0n) is 7.87. The van der Waals surface area contributed by atoms with Crippen molar-refractivity contribution in [2.24, 2.45) is 5.92 Å². The first-order valence-electron chi connectivity index (χ1n) is 5.05. The van der Waals surface area contributed by atoms with Gasteiger partial charge in [0.05, 0.1) is 0 Å². The molecule has 0 aliphatic heterocycles. The van der Waals surface area contributed by atoms with E-state index in [4.69, 9.17) is 7.85 Å². The van der Waals surface area contributed by atoms with Crippen molar-refractivity contribution in [1.29, 1.82) is 0 Å². The molecule has 1 fully saturated rings. The first-order chi connectivity index (χ1) is 6.34. The molecule has 13 heavy (non-hydrogen) atoms. The smallest absolute Gasteiger partial charge is 0.115 e. The van der Waals surface area contributed by atoms with Crippen molar-refractivity contribution in [3.05, 3.63) is 24.0 Å². The van der Waals surface area contributed by atoms with Gasteiger partial charge in [0, 0.05) is 11.9 Å². The minimum absolute atomic E-state index is 0.759. The summed E-state index contributed by atoms with van der Waals surface area (Å²) in [7, 11) is 5.57. The molecule has 0 atom stereocenters. The van der Waals surface area contributed by atoms with Crippen LogP contribution in [-0.2, 0) is 6.42 Å². The maximum atomic E-state index is 5.57. The van der Waals surface area contributed by atoms with Gasteiger partial charge in [-0.05, 0) is 18.4 Å². The predicted octanol–water partition coefficient (Wildman–Crippen LogP) is 1.61. The minimum Gasteiger partial charge on any atom is -0.262 e. The van der Waals surface area contributed by atoms with Crippen molar-refractivity contribution in [2.45, 2.75) is 32.1 Å². The zero-order valence-corrected chi connectivity index (χ0v) is 7.87. The third-order valence-corrected chi connectivity index (χ3v) is 2.82. The van der Waals surface area contributed by atoms with E-state index in [0.29, 0.717) is 0 Å². The van der Waals surface area contributed by atoms with Crippen molar-refractivity contribution in [3.63, 3.8) is 0 Å². The Bertz CT molecular complexity index is 262. The SMILES string of the molecule is [B]c1ccc(CC2CCCC2)nc1. The van der Waals surface area contributed by atoms with Gasteiger partial charge in [-0.15, -0.1) is 0 Å². The topological polar surface area (TPSA) is 12.9 Å². The first kappa shape index (κ1) is 8.80. The molecule has 1 aliphatic carbocycles. The maximum absolute atomic E-state index is 5.57. The van der Waals surface area contributed by atoms with Gasteiger partial charge in [0.1, 0.15) is 7.85 Å². The van der Waals surface area contributed by atoms with Crippen LogP contribution in [0.5, 0.6) is 0 Å². The fourth-order valence-corrected chi connectivity index (χ4v) is 2.07. The van der Waals surface area contributed by atoms with Gasteiger partial charge < -0.3 is 0 Å². The van der Waals surface area contributed by atoms with Crippen molar-refractivity contribution >= 4 is 13.3 Å². The molecule has 2 rings (SSSR count). The molecule has 1 aromatic rings. The summed E-state index contributed by atoms with van der Waals surface area (Å²) in [6.07, 6.45) is 8.46. The van der Waals surface area contributed by atoms with E-state index >= 15 is 0 Å². The second-order valence-corrected chi connectivity index (χ2v) is 3.94. The molecule has 0 aromatic carbocycles. The number of nitrogens with zero attached hydrogens (tertiary/aromatic N) is 1. The Labute approximate surface area is 81.0 Å². The molecule has 0 N–H and O–H groups in total. The lowest BCUT2D eigenvalue weighted by atomic mass is 9.96. The van der Waals surface area contributed by atoms with Crippen LogP contribution in [0.4, 0.5) is 0 Å². The van der Waals surface area contributed by atoms with E-state index in [0.717, 1.165) is 17.8 Å². The molecular weight excluding hydrogens is 157 g/mol. The Morgan fingerprint density at radius 3 is 2.69 bits per heavy atom. The van der Waals surface area contributed by atoms with E-state index in [1.54, 1.807) is 6.20 Å². The van der Waals surface area contributed by atoms with E-state index in [1.807, 2.05) is 12.1 Å². The van der Waals surface area contributed by atoms with Gasteiger partial charge in [-0.3, -0.25) is 4.98 Å². The van der Waals surface area contributed by atoms with E-state index in [-0.39, 0.29) is 0 Å². The second kappa shape index (κ2) is 3.95. The summed E-state index contributed by atoms with van der Waals surface area (Å²) >= 11 is 0. The standard InChI is InChI=1S/C11H14BN/c12-10-5-6-11(13-8-10)7-9-3-1-2-4-9/h5-6,8-9H,1-4,7H2. The van der Waals surface area contributed by atoms with Gasteiger partial charge >= 0.3 is 0 Å². The van der Waals surface area contributed by atoms with Crippen LogP contribution >= 0.6 is 0 Å². The van der Waals surface area contributed by atoms with Crippen LogP contribution in [0.15, 0.2) is 18.3 Å². The molecule has 1 nitrogen and oxygen atoms in total. The Kier molecular flexibility index (Phi) is 2.67. The monoisotopic (exact) mass is 171 g/mol. The zero-order chi connectivity index (χ0) is 9.10. The van der Waals surface area contributed by atoms with Gasteiger partial charge in [0.2, 0.25) is 0 Å². The Morgan fingerprint density at radius 2 is 2.08 bits per heavy atom. The Morgan fingerprint density at radius 1 is 1.31 bits per heavy atom. The van der Waals surface area contributed by atoms with Crippen molar-refractivity contribution in [2.75, 3.05) is 0 Å². The highest BCUT2D eigenvalue weighted by Gasteiger charge is 2.15. The Balaban J connectivity index is 1.97. The normalized spacial score (nSPS) is 17.8. The average Bonchev–Trinajstić information content (AvgIpc) is 2.62. The van der Waals surface area contributed by atoms with Crippen LogP contribution in [-0.4, -0.2) is 12.8 Å². The summed E-state index contributed by atoms with van der Waals surface area (Å²) < 4.78 is 0. The van der Waals surface area contributed by atoms with Gasteiger partial charge in [-0.25, -0.2) is 0 Å². The molecule has 0 amide bonds. The molecule has 2 radical (unpaired) electrons. The number of rotatable bonds is 2. The van der Waals surface area contributed by atoms with E-state index < -0.39 is 0 Å². The Hall–Kier alpha value is -0.785. The van der Waals surface area contributed by atoms with Crippen LogP contribution in [0.25, 0.3) is 0 Å². The number of pyridine rings is 1. The van der Waals surface area contributed by atoms with Crippen LogP contribution in [0.1, 0.15) is 31.4 Å². The summed E-state index contributed by atoms with van der Waals surface area (Å²) in [5.41, 5.74) is 1.95. The van der Waals surface area contributed by atoms with Crippen LogP contribution in [0.2, 0.25) is 0 Å². The number of aromatic nitrogens is 1. The molecule has 1 heterocycles. The van der Waals surface area contributed by atoms with Gasteiger partial charge in [0.25, 0.3) is 0 Å². The summed E-state index contributed by atoms with van der Waals surface area (Å²) in [4.78, 5) is 4.32. The van der Waals surface area contributed by atoms with Crippen LogP contribution in [0, 0.1) is 5.92 Å². The van der Waals surface area contributed by atoms with Crippen molar-refractivity contribution in [1.82, 2.24) is 4.98 Å². The molecule has 0 unspecified atom stereocenters. The van der Waals surface area contributed by atoms with Crippen molar-refractivity contribution < 1.29 is 0 Å². The van der Waals surface area contributed by atoms with E-state index in [9.17, 15) is 0 Å². The quantitative estimate of drug-likeness (QED) is 0.616. The number of hydrogen-bond donors (Lipinski definition) is 0. The summed E-state index contributed by atoms with van der Waals surface area (Å²) in [6.45, 7) is 0. The maximum Gasteiger partial charge on any atom is 0.115 e. The van der Waals surface area contributed by atoms with E-state index in [1.165, 1.54) is 31.4 Å². The lowest BCUT2D eigenvalue weighted by Crippen LogP contribution is -2.06. The van der Waals surface area contributed by atoms with Crippen LogP contribution < -0.4 is 5.46 Å². The van der Waals surface area contributed by atoms with Gasteiger partial charge in [-0.2, -0.15) is 0 Å². The van der Waals surface area contributed by atoms with Gasteiger partial charge in [0.15, 0.2) is 0 Å². The highest BCUT2D eigenvalue weighted by Crippen LogP contribution is 2.27. The molecular formula is C11H14BN.